The fraction of sp³-hybridized carbons (Fsp3) is 0.708. The van der Waals surface area contributed by atoms with Gasteiger partial charge >= 0.3 is 13.5 Å². The Hall–Kier alpha value is -2.56. The maximum absolute atomic E-state index is 13.8. The number of nitrogens with one attached hydrogen (secondary N) is 1. The number of rotatable bonds is 15. The van der Waals surface area contributed by atoms with Crippen molar-refractivity contribution < 1.29 is 23.5 Å². The third-order valence-corrected chi connectivity index (χ3v) is 7.82. The van der Waals surface area contributed by atoms with E-state index >= 15 is 0 Å². The lowest BCUT2D eigenvalue weighted by molar-refractivity contribution is -0.149. The van der Waals surface area contributed by atoms with Gasteiger partial charge in [-0.05, 0) is 52.9 Å². The van der Waals surface area contributed by atoms with Gasteiger partial charge in [-0.15, -0.1) is 0 Å². The molecule has 1 unspecified atom stereocenters. The Labute approximate surface area is 218 Å². The summed E-state index contributed by atoms with van der Waals surface area (Å²) >= 11 is 0. The number of nitrogen functional groups attached to an aromatic ring is 1. The molecule has 2 heterocycles. The fourth-order valence-electron chi connectivity index (χ4n) is 4.01. The van der Waals surface area contributed by atoms with E-state index in [1.165, 1.54) is 6.33 Å². The van der Waals surface area contributed by atoms with Crippen LogP contribution in [0.1, 0.15) is 79.1 Å². The van der Waals surface area contributed by atoms with E-state index in [4.69, 9.17) is 19.8 Å². The molecule has 13 heteroatoms. The predicted octanol–water partition coefficient (Wildman–Crippen LogP) is 4.40. The van der Waals surface area contributed by atoms with Crippen LogP contribution in [0.3, 0.4) is 0 Å². The maximum atomic E-state index is 13.8. The standard InChI is InChI=1S/C24H40N7O5P/c1-5-6-7-10-13-34-23(32)24(3,4)30-37(33,36-29-19-11-8-9-12-19)17-35-18(2)14-31-16-28-20-21(25)26-15-27-22(20)31/h15-16,18H,5-14,17H2,1-4H3,(H,30,33)(H2,25,26,27)/t18?,37-/m0/s1. The number of fused-ring (bicyclic) bond motifs is 1. The third kappa shape index (κ3) is 8.48. The van der Waals surface area contributed by atoms with E-state index in [0.717, 1.165) is 57.1 Å². The minimum atomic E-state index is -3.73. The van der Waals surface area contributed by atoms with Crippen molar-refractivity contribution in [2.75, 3.05) is 18.7 Å². The van der Waals surface area contributed by atoms with Gasteiger partial charge in [0.1, 0.15) is 23.7 Å². The number of carbonyl (C=O) groups is 1. The van der Waals surface area contributed by atoms with Gasteiger partial charge in [-0.2, -0.15) is 0 Å². The van der Waals surface area contributed by atoms with Crippen molar-refractivity contribution in [3.63, 3.8) is 0 Å². The van der Waals surface area contributed by atoms with Crippen molar-refractivity contribution >= 4 is 36.2 Å². The molecule has 2 atom stereocenters. The second-order valence-corrected chi connectivity index (χ2v) is 12.0. The van der Waals surface area contributed by atoms with Crippen LogP contribution in [-0.2, 0) is 30.0 Å². The van der Waals surface area contributed by atoms with Crippen molar-refractivity contribution in [2.45, 2.75) is 97.2 Å². The minimum absolute atomic E-state index is 0.290. The molecule has 2 aromatic rings. The monoisotopic (exact) mass is 537 g/mol. The van der Waals surface area contributed by atoms with E-state index in [2.05, 4.69) is 32.1 Å². The van der Waals surface area contributed by atoms with Gasteiger partial charge in [-0.25, -0.2) is 20.0 Å². The van der Waals surface area contributed by atoms with Crippen molar-refractivity contribution in [1.29, 1.82) is 0 Å². The zero-order valence-corrected chi connectivity index (χ0v) is 23.2. The van der Waals surface area contributed by atoms with Crippen molar-refractivity contribution in [2.24, 2.45) is 5.16 Å². The Bertz CT molecular complexity index is 1110. The summed E-state index contributed by atoms with van der Waals surface area (Å²) in [6.07, 6.45) is 9.93. The van der Waals surface area contributed by atoms with Crippen LogP contribution in [-0.4, -0.2) is 55.8 Å². The molecule has 1 fully saturated rings. The first-order valence-electron chi connectivity index (χ1n) is 13.0. The Morgan fingerprint density at radius 1 is 1.24 bits per heavy atom. The first-order valence-corrected chi connectivity index (χ1v) is 14.8. The lowest BCUT2D eigenvalue weighted by Gasteiger charge is -2.29. The Morgan fingerprint density at radius 2 is 2.00 bits per heavy atom. The number of aromatic nitrogens is 4. The number of nitrogens with zero attached hydrogens (tertiary/aromatic N) is 5. The summed E-state index contributed by atoms with van der Waals surface area (Å²) < 4.78 is 32.6. The molecule has 12 nitrogen and oxygen atoms in total. The molecule has 0 bridgehead atoms. The number of ether oxygens (including phenoxy) is 2. The first-order chi connectivity index (χ1) is 17.6. The van der Waals surface area contributed by atoms with Gasteiger partial charge in [0, 0.05) is 0 Å². The second kappa shape index (κ2) is 13.3. The zero-order chi connectivity index (χ0) is 26.9. The highest BCUT2D eigenvalue weighted by Gasteiger charge is 2.40. The van der Waals surface area contributed by atoms with Gasteiger partial charge < -0.3 is 24.4 Å². The number of unbranched alkanes of at least 4 members (excludes halogenated alkanes) is 3. The van der Waals surface area contributed by atoms with Gasteiger partial charge in [0.15, 0.2) is 11.5 Å². The molecule has 0 spiro atoms. The molecule has 0 amide bonds. The number of nitrogens with two attached hydrogens (primary N) is 1. The van der Waals surface area contributed by atoms with Crippen molar-refractivity contribution in [1.82, 2.24) is 24.6 Å². The van der Waals surface area contributed by atoms with Gasteiger partial charge in [-0.1, -0.05) is 31.3 Å². The van der Waals surface area contributed by atoms with E-state index in [0.29, 0.717) is 30.1 Å². The number of hydrogen-bond acceptors (Lipinski definition) is 10. The molecular weight excluding hydrogens is 497 g/mol. The minimum Gasteiger partial charge on any atom is -0.464 e. The quantitative estimate of drug-likeness (QED) is 0.144. The predicted molar refractivity (Wildman–Crippen MR) is 142 cm³/mol. The average Bonchev–Trinajstić information content (AvgIpc) is 3.52. The number of anilines is 1. The van der Waals surface area contributed by atoms with Crippen molar-refractivity contribution in [3.05, 3.63) is 12.7 Å². The fourth-order valence-corrected chi connectivity index (χ4v) is 5.80. The third-order valence-electron chi connectivity index (χ3n) is 6.09. The van der Waals surface area contributed by atoms with E-state index in [1.807, 2.05) is 6.92 Å². The highest BCUT2D eigenvalue weighted by molar-refractivity contribution is 7.56. The van der Waals surface area contributed by atoms with Crippen LogP contribution in [0.2, 0.25) is 0 Å². The molecular formula is C24H40N7O5P. The smallest absolute Gasteiger partial charge is 0.365 e. The molecule has 1 saturated carbocycles. The van der Waals surface area contributed by atoms with Crippen molar-refractivity contribution in [3.8, 4) is 0 Å². The molecule has 3 N–H and O–H groups in total. The Balaban J connectivity index is 1.64. The van der Waals surface area contributed by atoms with E-state index in [1.54, 1.807) is 24.7 Å². The molecule has 1 aliphatic carbocycles. The molecule has 0 saturated heterocycles. The molecule has 3 rings (SSSR count). The Morgan fingerprint density at radius 3 is 2.73 bits per heavy atom. The van der Waals surface area contributed by atoms with Gasteiger partial charge in [0.05, 0.1) is 31.3 Å². The van der Waals surface area contributed by atoms with Gasteiger partial charge in [0.2, 0.25) is 0 Å². The highest BCUT2D eigenvalue weighted by Crippen LogP contribution is 2.46. The molecule has 0 aliphatic heterocycles. The van der Waals surface area contributed by atoms with Gasteiger partial charge in [0.25, 0.3) is 0 Å². The number of carbonyl (C=O) groups excluding carboxylic acids is 1. The largest absolute Gasteiger partial charge is 0.464 e. The summed E-state index contributed by atoms with van der Waals surface area (Å²) in [7, 11) is -3.73. The van der Waals surface area contributed by atoms with Crippen LogP contribution in [0.4, 0.5) is 5.82 Å². The number of esters is 1. The summed E-state index contributed by atoms with van der Waals surface area (Å²) in [4.78, 5) is 25.2. The van der Waals surface area contributed by atoms with Crippen LogP contribution >= 0.6 is 7.52 Å². The average molecular weight is 538 g/mol. The lowest BCUT2D eigenvalue weighted by atomic mass is 10.1. The molecule has 206 valence electrons. The zero-order valence-electron chi connectivity index (χ0n) is 22.3. The maximum Gasteiger partial charge on any atom is 0.365 e. The second-order valence-electron chi connectivity index (χ2n) is 9.99. The van der Waals surface area contributed by atoms with Crippen LogP contribution < -0.4 is 10.8 Å². The van der Waals surface area contributed by atoms with E-state index in [9.17, 15) is 9.36 Å². The summed E-state index contributed by atoms with van der Waals surface area (Å²) in [6.45, 7) is 7.88. The molecule has 0 radical (unpaired) electrons. The van der Waals surface area contributed by atoms with E-state index in [-0.39, 0.29) is 12.5 Å². The number of hydrogen-bond donors (Lipinski definition) is 2. The van der Waals surface area contributed by atoms with Crippen LogP contribution in [0.15, 0.2) is 17.8 Å². The normalized spacial score (nSPS) is 16.5. The Kier molecular flexibility index (Phi) is 10.4. The number of imidazole rings is 1. The summed E-state index contributed by atoms with van der Waals surface area (Å²) in [5.41, 5.74) is 6.54. The highest BCUT2D eigenvalue weighted by atomic mass is 31.2. The number of oxime groups is 1. The van der Waals surface area contributed by atoms with Crippen LogP contribution in [0, 0.1) is 0 Å². The molecule has 2 aromatic heterocycles. The summed E-state index contributed by atoms with van der Waals surface area (Å²) in [6, 6.07) is 0. The van der Waals surface area contributed by atoms with Crippen LogP contribution in [0.5, 0.6) is 0 Å². The van der Waals surface area contributed by atoms with Gasteiger partial charge in [-0.3, -0.25) is 9.36 Å². The summed E-state index contributed by atoms with van der Waals surface area (Å²) in [5, 5.41) is 7.02. The SMILES string of the molecule is CCCCCCOC(=O)C(C)(C)N[P@](=O)(COC(C)Cn1cnc2c(N)ncnc21)ON=C1CCCC1. The van der Waals surface area contributed by atoms with Crippen LogP contribution in [0.25, 0.3) is 11.2 Å². The molecule has 37 heavy (non-hydrogen) atoms. The topological polar surface area (TPSA) is 156 Å². The first kappa shape index (κ1) is 29.0. The summed E-state index contributed by atoms with van der Waals surface area (Å²) in [5.74, 6) is -0.207. The lowest BCUT2D eigenvalue weighted by Crippen LogP contribution is -2.47. The molecule has 0 aromatic carbocycles. The molecule has 1 aliphatic rings. The van der Waals surface area contributed by atoms with E-state index < -0.39 is 19.0 Å².